The summed E-state index contributed by atoms with van der Waals surface area (Å²) in [5.41, 5.74) is 5.39. The standard InChI is InChI=1S/C21H28O2/c22-16-2-6-20-12-8-18(9-13-20)4-1-5-19-10-14-21(15-11-19)7-3-17-23/h8-15,22-23H,1-7,16-17H2. The van der Waals surface area contributed by atoms with Crippen molar-refractivity contribution in [3.8, 4) is 0 Å². The molecule has 0 radical (unpaired) electrons. The normalized spacial score (nSPS) is 10.9. The molecule has 2 aromatic carbocycles. The van der Waals surface area contributed by atoms with E-state index < -0.39 is 0 Å². The fourth-order valence-corrected chi connectivity index (χ4v) is 2.81. The highest BCUT2D eigenvalue weighted by molar-refractivity contribution is 5.24. The van der Waals surface area contributed by atoms with Gasteiger partial charge in [0.15, 0.2) is 0 Å². The van der Waals surface area contributed by atoms with Crippen molar-refractivity contribution in [3.63, 3.8) is 0 Å². The van der Waals surface area contributed by atoms with E-state index in [0.717, 1.165) is 44.9 Å². The van der Waals surface area contributed by atoms with Crippen LogP contribution < -0.4 is 0 Å². The summed E-state index contributed by atoms with van der Waals surface area (Å²) in [7, 11) is 0. The first kappa shape index (κ1) is 17.7. The molecule has 23 heavy (non-hydrogen) atoms. The van der Waals surface area contributed by atoms with Gasteiger partial charge in [0.25, 0.3) is 0 Å². The smallest absolute Gasteiger partial charge is 0.0434 e. The Morgan fingerprint density at radius 2 is 0.696 bits per heavy atom. The van der Waals surface area contributed by atoms with E-state index in [1.165, 1.54) is 22.3 Å². The molecular weight excluding hydrogens is 284 g/mol. The van der Waals surface area contributed by atoms with Crippen molar-refractivity contribution in [2.45, 2.75) is 44.9 Å². The van der Waals surface area contributed by atoms with Crippen molar-refractivity contribution in [2.24, 2.45) is 0 Å². The minimum atomic E-state index is 0.264. The molecule has 0 aliphatic carbocycles. The molecule has 2 nitrogen and oxygen atoms in total. The molecule has 0 spiro atoms. The first-order valence-electron chi connectivity index (χ1n) is 8.69. The maximum Gasteiger partial charge on any atom is 0.0434 e. The van der Waals surface area contributed by atoms with Gasteiger partial charge in [0, 0.05) is 13.2 Å². The lowest BCUT2D eigenvalue weighted by molar-refractivity contribution is 0.288. The largest absolute Gasteiger partial charge is 0.396 e. The predicted molar refractivity (Wildman–Crippen MR) is 95.7 cm³/mol. The fourth-order valence-electron chi connectivity index (χ4n) is 2.81. The quantitative estimate of drug-likeness (QED) is 0.702. The Kier molecular flexibility index (Phi) is 7.85. The Hall–Kier alpha value is -1.64. The van der Waals surface area contributed by atoms with E-state index in [2.05, 4.69) is 48.5 Å². The van der Waals surface area contributed by atoms with Gasteiger partial charge in [0.05, 0.1) is 0 Å². The first-order valence-corrected chi connectivity index (χ1v) is 8.69. The number of aliphatic hydroxyl groups excluding tert-OH is 2. The fraction of sp³-hybridized carbons (Fsp3) is 0.429. The second kappa shape index (κ2) is 10.2. The zero-order valence-electron chi connectivity index (χ0n) is 13.9. The van der Waals surface area contributed by atoms with E-state index in [1.807, 2.05) is 0 Å². The van der Waals surface area contributed by atoms with Crippen LogP contribution in [0.4, 0.5) is 0 Å². The minimum Gasteiger partial charge on any atom is -0.396 e. The Morgan fingerprint density at radius 3 is 0.957 bits per heavy atom. The molecule has 2 aromatic rings. The van der Waals surface area contributed by atoms with Gasteiger partial charge in [-0.3, -0.25) is 0 Å². The lowest BCUT2D eigenvalue weighted by atomic mass is 10.0. The molecule has 0 atom stereocenters. The zero-order valence-corrected chi connectivity index (χ0v) is 13.9. The first-order chi connectivity index (χ1) is 11.3. The van der Waals surface area contributed by atoms with Crippen LogP contribution in [0.25, 0.3) is 0 Å². The molecule has 0 aliphatic heterocycles. The van der Waals surface area contributed by atoms with Gasteiger partial charge >= 0.3 is 0 Å². The van der Waals surface area contributed by atoms with Gasteiger partial charge in [-0.25, -0.2) is 0 Å². The molecule has 2 rings (SSSR count). The average molecular weight is 312 g/mol. The topological polar surface area (TPSA) is 40.5 Å². The van der Waals surface area contributed by atoms with E-state index in [1.54, 1.807) is 0 Å². The molecule has 0 aromatic heterocycles. The van der Waals surface area contributed by atoms with E-state index in [-0.39, 0.29) is 13.2 Å². The van der Waals surface area contributed by atoms with E-state index in [4.69, 9.17) is 10.2 Å². The highest BCUT2D eigenvalue weighted by Crippen LogP contribution is 2.12. The van der Waals surface area contributed by atoms with Crippen LogP contribution in [0.1, 0.15) is 41.5 Å². The molecule has 2 N–H and O–H groups in total. The second-order valence-electron chi connectivity index (χ2n) is 6.14. The van der Waals surface area contributed by atoms with E-state index >= 15 is 0 Å². The summed E-state index contributed by atoms with van der Waals surface area (Å²) in [6, 6.07) is 17.6. The highest BCUT2D eigenvalue weighted by atomic mass is 16.3. The van der Waals surface area contributed by atoms with Gasteiger partial charge in [0.1, 0.15) is 0 Å². The Balaban J connectivity index is 1.73. The summed E-state index contributed by atoms with van der Waals surface area (Å²) < 4.78 is 0. The Morgan fingerprint density at radius 1 is 0.435 bits per heavy atom. The lowest BCUT2D eigenvalue weighted by Crippen LogP contribution is -1.93. The van der Waals surface area contributed by atoms with Gasteiger partial charge in [-0.15, -0.1) is 0 Å². The number of hydrogen-bond acceptors (Lipinski definition) is 2. The van der Waals surface area contributed by atoms with Gasteiger partial charge in [-0.05, 0) is 67.2 Å². The molecule has 124 valence electrons. The summed E-state index contributed by atoms with van der Waals surface area (Å²) in [5.74, 6) is 0. The average Bonchev–Trinajstić information content (AvgIpc) is 2.60. The Bertz CT molecular complexity index is 492. The van der Waals surface area contributed by atoms with Crippen LogP contribution in [0.5, 0.6) is 0 Å². The van der Waals surface area contributed by atoms with Gasteiger partial charge in [-0.1, -0.05) is 48.5 Å². The zero-order chi connectivity index (χ0) is 16.3. The SMILES string of the molecule is OCCCc1ccc(CCCc2ccc(CCCO)cc2)cc1. The second-order valence-corrected chi connectivity index (χ2v) is 6.14. The van der Waals surface area contributed by atoms with Crippen molar-refractivity contribution in [1.82, 2.24) is 0 Å². The van der Waals surface area contributed by atoms with Crippen molar-refractivity contribution >= 4 is 0 Å². The third-order valence-electron chi connectivity index (χ3n) is 4.22. The maximum atomic E-state index is 8.86. The minimum absolute atomic E-state index is 0.264. The summed E-state index contributed by atoms with van der Waals surface area (Å²) in [5, 5.41) is 17.7. The van der Waals surface area contributed by atoms with Crippen molar-refractivity contribution in [1.29, 1.82) is 0 Å². The summed E-state index contributed by atoms with van der Waals surface area (Å²) in [6.45, 7) is 0.529. The van der Waals surface area contributed by atoms with E-state index in [9.17, 15) is 0 Å². The van der Waals surface area contributed by atoms with Crippen LogP contribution >= 0.6 is 0 Å². The summed E-state index contributed by atoms with van der Waals surface area (Å²) in [4.78, 5) is 0. The molecule has 0 aliphatic rings. The number of aryl methyl sites for hydroxylation is 4. The van der Waals surface area contributed by atoms with E-state index in [0.29, 0.717) is 0 Å². The molecule has 0 heterocycles. The van der Waals surface area contributed by atoms with Crippen LogP contribution in [-0.2, 0) is 25.7 Å². The third kappa shape index (κ3) is 6.55. The number of rotatable bonds is 10. The van der Waals surface area contributed by atoms with Gasteiger partial charge < -0.3 is 10.2 Å². The highest BCUT2D eigenvalue weighted by Gasteiger charge is 1.99. The summed E-state index contributed by atoms with van der Waals surface area (Å²) >= 11 is 0. The van der Waals surface area contributed by atoms with Gasteiger partial charge in [-0.2, -0.15) is 0 Å². The van der Waals surface area contributed by atoms with Crippen molar-refractivity contribution < 1.29 is 10.2 Å². The third-order valence-corrected chi connectivity index (χ3v) is 4.22. The lowest BCUT2D eigenvalue weighted by Gasteiger charge is -2.06. The van der Waals surface area contributed by atoms with Crippen LogP contribution in [-0.4, -0.2) is 23.4 Å². The van der Waals surface area contributed by atoms with Gasteiger partial charge in [0.2, 0.25) is 0 Å². The maximum absolute atomic E-state index is 8.86. The van der Waals surface area contributed by atoms with Crippen LogP contribution in [0.2, 0.25) is 0 Å². The number of benzene rings is 2. The van der Waals surface area contributed by atoms with Crippen molar-refractivity contribution in [3.05, 3.63) is 70.8 Å². The molecule has 0 saturated carbocycles. The number of hydrogen-bond donors (Lipinski definition) is 2. The van der Waals surface area contributed by atoms with Crippen LogP contribution in [0, 0.1) is 0 Å². The van der Waals surface area contributed by atoms with Crippen LogP contribution in [0.15, 0.2) is 48.5 Å². The molecule has 0 amide bonds. The molecule has 0 unspecified atom stereocenters. The predicted octanol–water partition coefficient (Wildman–Crippen LogP) is 3.71. The number of aliphatic hydroxyl groups is 2. The monoisotopic (exact) mass is 312 g/mol. The van der Waals surface area contributed by atoms with Crippen LogP contribution in [0.3, 0.4) is 0 Å². The molecule has 0 bridgehead atoms. The molecule has 0 fully saturated rings. The molecular formula is C21H28O2. The Labute approximate surface area is 139 Å². The molecule has 0 saturated heterocycles. The molecule has 2 heteroatoms. The summed E-state index contributed by atoms with van der Waals surface area (Å²) in [6.07, 6.45) is 6.96. The van der Waals surface area contributed by atoms with Crippen molar-refractivity contribution in [2.75, 3.05) is 13.2 Å².